The van der Waals surface area contributed by atoms with Gasteiger partial charge in [-0.2, -0.15) is 0 Å². The van der Waals surface area contributed by atoms with Gasteiger partial charge in [-0.05, 0) is 23.6 Å². The molecule has 0 saturated carbocycles. The quantitative estimate of drug-likeness (QED) is 0.744. The molecule has 18 heavy (non-hydrogen) atoms. The van der Waals surface area contributed by atoms with Gasteiger partial charge in [-0.1, -0.05) is 66.2 Å². The van der Waals surface area contributed by atoms with Crippen LogP contribution in [0.25, 0.3) is 0 Å². The van der Waals surface area contributed by atoms with Gasteiger partial charge in [0.25, 0.3) is 0 Å². The van der Waals surface area contributed by atoms with E-state index in [1.165, 1.54) is 5.56 Å². The summed E-state index contributed by atoms with van der Waals surface area (Å²) < 4.78 is 0.923. The molecular formula is C16H15BrO. The van der Waals surface area contributed by atoms with Crippen LogP contribution < -0.4 is 0 Å². The molecule has 0 fully saturated rings. The number of ketones is 1. The maximum absolute atomic E-state index is 12.3. The monoisotopic (exact) mass is 302 g/mol. The van der Waals surface area contributed by atoms with E-state index in [1.807, 2.05) is 48.5 Å². The fourth-order valence-electron chi connectivity index (χ4n) is 1.82. The summed E-state index contributed by atoms with van der Waals surface area (Å²) in [4.78, 5) is 12.3. The Kier molecular flexibility index (Phi) is 3.97. The van der Waals surface area contributed by atoms with Crippen LogP contribution in [0, 0.1) is 0 Å². The molecular weight excluding hydrogens is 288 g/mol. The molecule has 0 spiro atoms. The highest BCUT2D eigenvalue weighted by Crippen LogP contribution is 2.18. The number of benzene rings is 2. The third-order valence-corrected chi connectivity index (χ3v) is 3.42. The van der Waals surface area contributed by atoms with Crippen LogP contribution in [-0.2, 0) is 0 Å². The van der Waals surface area contributed by atoms with E-state index >= 15 is 0 Å². The Balaban J connectivity index is 2.29. The van der Waals surface area contributed by atoms with E-state index in [4.69, 9.17) is 0 Å². The fourth-order valence-corrected chi connectivity index (χ4v) is 2.22. The van der Waals surface area contributed by atoms with Gasteiger partial charge in [0.05, 0.1) is 0 Å². The molecule has 0 aliphatic rings. The first-order valence-corrected chi connectivity index (χ1v) is 6.77. The minimum Gasteiger partial charge on any atom is -0.289 e. The van der Waals surface area contributed by atoms with Gasteiger partial charge in [0.2, 0.25) is 0 Å². The van der Waals surface area contributed by atoms with Crippen LogP contribution in [-0.4, -0.2) is 5.78 Å². The molecule has 2 aromatic carbocycles. The molecule has 0 aromatic heterocycles. The molecule has 92 valence electrons. The Bertz CT molecular complexity index is 556. The average Bonchev–Trinajstić information content (AvgIpc) is 2.38. The maximum Gasteiger partial charge on any atom is 0.193 e. The van der Waals surface area contributed by atoms with Gasteiger partial charge in [-0.25, -0.2) is 0 Å². The van der Waals surface area contributed by atoms with Crippen molar-refractivity contribution in [1.82, 2.24) is 0 Å². The first-order valence-electron chi connectivity index (χ1n) is 5.98. The Hall–Kier alpha value is -1.41. The fraction of sp³-hybridized carbons (Fsp3) is 0.188. The molecule has 0 aliphatic heterocycles. The van der Waals surface area contributed by atoms with Crippen LogP contribution in [0.5, 0.6) is 0 Å². The van der Waals surface area contributed by atoms with Gasteiger partial charge in [0, 0.05) is 15.6 Å². The summed E-state index contributed by atoms with van der Waals surface area (Å²) in [7, 11) is 0. The van der Waals surface area contributed by atoms with Crippen molar-refractivity contribution in [2.75, 3.05) is 0 Å². The molecule has 0 N–H and O–H groups in total. The highest BCUT2D eigenvalue weighted by Gasteiger charge is 2.09. The van der Waals surface area contributed by atoms with Crippen molar-refractivity contribution in [1.29, 1.82) is 0 Å². The van der Waals surface area contributed by atoms with Crippen LogP contribution in [0.1, 0.15) is 41.3 Å². The van der Waals surface area contributed by atoms with Crippen molar-refractivity contribution in [3.8, 4) is 0 Å². The predicted molar refractivity (Wildman–Crippen MR) is 78.1 cm³/mol. The molecule has 2 rings (SSSR count). The van der Waals surface area contributed by atoms with Gasteiger partial charge < -0.3 is 0 Å². The van der Waals surface area contributed by atoms with Crippen LogP contribution in [0.3, 0.4) is 0 Å². The first-order chi connectivity index (χ1) is 8.58. The average molecular weight is 303 g/mol. The molecule has 0 unspecified atom stereocenters. The van der Waals surface area contributed by atoms with Gasteiger partial charge in [0.1, 0.15) is 0 Å². The number of rotatable bonds is 3. The molecule has 2 aromatic rings. The maximum atomic E-state index is 12.3. The third-order valence-electron chi connectivity index (χ3n) is 2.93. The number of hydrogen-bond donors (Lipinski definition) is 0. The minimum atomic E-state index is 0.0617. The molecule has 2 heteroatoms. The summed E-state index contributed by atoms with van der Waals surface area (Å²) in [5, 5.41) is 0. The van der Waals surface area contributed by atoms with Crippen LogP contribution >= 0.6 is 15.9 Å². The molecule has 0 amide bonds. The zero-order valence-corrected chi connectivity index (χ0v) is 12.1. The van der Waals surface area contributed by atoms with Crippen molar-refractivity contribution in [2.45, 2.75) is 19.8 Å². The van der Waals surface area contributed by atoms with Crippen molar-refractivity contribution in [3.63, 3.8) is 0 Å². The standard InChI is InChI=1S/C16H15BrO/c1-11(2)12-6-8-13(9-7-12)16(18)14-4-3-5-15(17)10-14/h3-11H,1-2H3. The van der Waals surface area contributed by atoms with E-state index in [0.29, 0.717) is 11.5 Å². The first kappa shape index (κ1) is 13.0. The van der Waals surface area contributed by atoms with Gasteiger partial charge >= 0.3 is 0 Å². The molecule has 0 bridgehead atoms. The van der Waals surface area contributed by atoms with E-state index in [1.54, 1.807) is 0 Å². The van der Waals surface area contributed by atoms with Gasteiger partial charge in [0.15, 0.2) is 5.78 Å². The second-order valence-electron chi connectivity index (χ2n) is 4.62. The molecule has 1 nitrogen and oxygen atoms in total. The van der Waals surface area contributed by atoms with E-state index in [0.717, 1.165) is 10.0 Å². The smallest absolute Gasteiger partial charge is 0.193 e. The van der Waals surface area contributed by atoms with Crippen molar-refractivity contribution >= 4 is 21.7 Å². The largest absolute Gasteiger partial charge is 0.289 e. The second kappa shape index (κ2) is 5.49. The summed E-state index contributed by atoms with van der Waals surface area (Å²) in [6, 6.07) is 15.3. The van der Waals surface area contributed by atoms with Crippen molar-refractivity contribution in [3.05, 3.63) is 69.7 Å². The van der Waals surface area contributed by atoms with Crippen LogP contribution in [0.15, 0.2) is 53.0 Å². The number of carbonyl (C=O) groups excluding carboxylic acids is 1. The van der Waals surface area contributed by atoms with Crippen LogP contribution in [0.4, 0.5) is 0 Å². The Morgan fingerprint density at radius 2 is 1.67 bits per heavy atom. The van der Waals surface area contributed by atoms with Crippen LogP contribution in [0.2, 0.25) is 0 Å². The highest BCUT2D eigenvalue weighted by molar-refractivity contribution is 9.10. The van der Waals surface area contributed by atoms with E-state index in [-0.39, 0.29) is 5.78 Å². The summed E-state index contributed by atoms with van der Waals surface area (Å²) in [5.41, 5.74) is 2.69. The lowest BCUT2D eigenvalue weighted by Crippen LogP contribution is -2.01. The predicted octanol–water partition coefficient (Wildman–Crippen LogP) is 4.80. The zero-order valence-electron chi connectivity index (χ0n) is 10.5. The van der Waals surface area contributed by atoms with Crippen molar-refractivity contribution in [2.24, 2.45) is 0 Å². The van der Waals surface area contributed by atoms with Gasteiger partial charge in [-0.3, -0.25) is 4.79 Å². The zero-order chi connectivity index (χ0) is 13.1. The minimum absolute atomic E-state index is 0.0617. The summed E-state index contributed by atoms with van der Waals surface area (Å²) in [6.07, 6.45) is 0. The van der Waals surface area contributed by atoms with E-state index in [9.17, 15) is 4.79 Å². The number of halogens is 1. The second-order valence-corrected chi connectivity index (χ2v) is 5.53. The third kappa shape index (κ3) is 2.88. The lowest BCUT2D eigenvalue weighted by Gasteiger charge is -2.06. The molecule has 0 atom stereocenters. The lowest BCUT2D eigenvalue weighted by molar-refractivity contribution is 0.103. The highest BCUT2D eigenvalue weighted by atomic mass is 79.9. The van der Waals surface area contributed by atoms with E-state index in [2.05, 4.69) is 29.8 Å². The number of hydrogen-bond acceptors (Lipinski definition) is 1. The Labute approximate surface area is 116 Å². The normalized spacial score (nSPS) is 10.7. The summed E-state index contributed by atoms with van der Waals surface area (Å²) >= 11 is 3.38. The molecule has 0 aliphatic carbocycles. The molecule has 0 heterocycles. The number of carbonyl (C=O) groups is 1. The SMILES string of the molecule is CC(C)c1ccc(C(=O)c2cccc(Br)c2)cc1. The molecule has 0 radical (unpaired) electrons. The Morgan fingerprint density at radius 1 is 1.00 bits per heavy atom. The topological polar surface area (TPSA) is 17.1 Å². The lowest BCUT2D eigenvalue weighted by atomic mass is 9.98. The summed E-state index contributed by atoms with van der Waals surface area (Å²) in [6.45, 7) is 4.29. The van der Waals surface area contributed by atoms with E-state index < -0.39 is 0 Å². The Morgan fingerprint density at radius 3 is 2.22 bits per heavy atom. The summed E-state index contributed by atoms with van der Waals surface area (Å²) in [5.74, 6) is 0.548. The molecule has 0 saturated heterocycles. The van der Waals surface area contributed by atoms with Crippen molar-refractivity contribution < 1.29 is 4.79 Å². The van der Waals surface area contributed by atoms with Gasteiger partial charge in [-0.15, -0.1) is 0 Å².